The number of rotatable bonds is 8. The van der Waals surface area contributed by atoms with E-state index >= 15 is 0 Å². The molecule has 0 amide bonds. The second-order valence-electron chi connectivity index (χ2n) is 5.32. The number of sulfonamides is 1. The summed E-state index contributed by atoms with van der Waals surface area (Å²) < 4.78 is 25.6. The molecule has 120 valence electrons. The van der Waals surface area contributed by atoms with Gasteiger partial charge in [-0.2, -0.15) is 5.10 Å². The van der Waals surface area contributed by atoms with Crippen LogP contribution in [0, 0.1) is 6.92 Å². The van der Waals surface area contributed by atoms with Crippen molar-refractivity contribution >= 4 is 10.0 Å². The number of benzene rings is 1. The molecule has 22 heavy (non-hydrogen) atoms. The Labute approximate surface area is 131 Å². The first-order valence-electron chi connectivity index (χ1n) is 7.41. The Bertz CT molecular complexity index is 693. The van der Waals surface area contributed by atoms with Gasteiger partial charge in [-0.3, -0.25) is 5.10 Å². The highest BCUT2D eigenvalue weighted by atomic mass is 32.2. The average molecular weight is 322 g/mol. The predicted molar refractivity (Wildman–Crippen MR) is 86.2 cm³/mol. The summed E-state index contributed by atoms with van der Waals surface area (Å²) in [5.74, 6) is 1.57. The van der Waals surface area contributed by atoms with Crippen molar-refractivity contribution in [2.45, 2.75) is 33.1 Å². The van der Waals surface area contributed by atoms with Gasteiger partial charge in [-0.1, -0.05) is 36.8 Å². The van der Waals surface area contributed by atoms with Gasteiger partial charge in [-0.25, -0.2) is 18.1 Å². The van der Waals surface area contributed by atoms with Gasteiger partial charge in [0.25, 0.3) is 0 Å². The Hall–Kier alpha value is -1.73. The van der Waals surface area contributed by atoms with E-state index in [0.29, 0.717) is 31.6 Å². The number of nitrogens with zero attached hydrogens (tertiary/aromatic N) is 2. The first-order chi connectivity index (χ1) is 10.5. The van der Waals surface area contributed by atoms with E-state index < -0.39 is 10.0 Å². The highest BCUT2D eigenvalue weighted by Crippen LogP contribution is 2.07. The summed E-state index contributed by atoms with van der Waals surface area (Å²) >= 11 is 0. The lowest BCUT2D eigenvalue weighted by molar-refractivity contribution is 0.579. The van der Waals surface area contributed by atoms with E-state index in [1.54, 1.807) is 0 Å². The minimum absolute atomic E-state index is 0.152. The molecule has 2 N–H and O–H groups in total. The Morgan fingerprint density at radius 2 is 1.95 bits per heavy atom. The fourth-order valence-electron chi connectivity index (χ4n) is 2.08. The van der Waals surface area contributed by atoms with Gasteiger partial charge < -0.3 is 0 Å². The quantitative estimate of drug-likeness (QED) is 0.772. The van der Waals surface area contributed by atoms with E-state index in [4.69, 9.17) is 0 Å². The van der Waals surface area contributed by atoms with Gasteiger partial charge in [0, 0.05) is 19.4 Å². The minimum Gasteiger partial charge on any atom is -0.263 e. The summed E-state index contributed by atoms with van der Waals surface area (Å²) in [6, 6.07) is 8.26. The van der Waals surface area contributed by atoms with E-state index in [0.717, 1.165) is 11.4 Å². The molecule has 0 atom stereocenters. The van der Waals surface area contributed by atoms with E-state index in [1.165, 1.54) is 5.56 Å². The van der Waals surface area contributed by atoms with Crippen molar-refractivity contribution in [3.63, 3.8) is 0 Å². The van der Waals surface area contributed by atoms with Gasteiger partial charge in [0.1, 0.15) is 5.82 Å². The molecular formula is C15H22N4O2S. The van der Waals surface area contributed by atoms with Gasteiger partial charge in [-0.15, -0.1) is 0 Å². The molecule has 0 fully saturated rings. The SMILES string of the molecule is CCCS(=O)(=O)NCCc1n[nH]c(Cc2ccc(C)cc2)n1. The van der Waals surface area contributed by atoms with Crippen molar-refractivity contribution in [3.8, 4) is 0 Å². The molecule has 0 aliphatic rings. The zero-order valence-corrected chi connectivity index (χ0v) is 13.8. The van der Waals surface area contributed by atoms with Crippen LogP contribution >= 0.6 is 0 Å². The number of H-pyrrole nitrogens is 1. The number of aromatic amines is 1. The Kier molecular flexibility index (Phi) is 5.68. The molecule has 2 aromatic rings. The number of hydrogen-bond acceptors (Lipinski definition) is 4. The van der Waals surface area contributed by atoms with Crippen LogP contribution in [-0.4, -0.2) is 35.9 Å². The normalized spacial score (nSPS) is 11.7. The van der Waals surface area contributed by atoms with Crippen LogP contribution in [0.3, 0.4) is 0 Å². The molecule has 0 unspecified atom stereocenters. The van der Waals surface area contributed by atoms with E-state index in [9.17, 15) is 8.42 Å². The first-order valence-corrected chi connectivity index (χ1v) is 9.07. The van der Waals surface area contributed by atoms with Crippen LogP contribution in [0.2, 0.25) is 0 Å². The van der Waals surface area contributed by atoms with Crippen molar-refractivity contribution in [3.05, 3.63) is 47.0 Å². The molecule has 0 aliphatic carbocycles. The monoisotopic (exact) mass is 322 g/mol. The van der Waals surface area contributed by atoms with E-state index in [2.05, 4.69) is 51.1 Å². The summed E-state index contributed by atoms with van der Waals surface area (Å²) in [6.45, 7) is 4.21. The van der Waals surface area contributed by atoms with Crippen LogP contribution in [0.25, 0.3) is 0 Å². The van der Waals surface area contributed by atoms with Gasteiger partial charge in [-0.05, 0) is 18.9 Å². The van der Waals surface area contributed by atoms with Crippen molar-refractivity contribution in [1.29, 1.82) is 0 Å². The molecule has 0 saturated carbocycles. The molecule has 6 nitrogen and oxygen atoms in total. The van der Waals surface area contributed by atoms with Crippen molar-refractivity contribution in [2.75, 3.05) is 12.3 Å². The highest BCUT2D eigenvalue weighted by Gasteiger charge is 2.09. The van der Waals surface area contributed by atoms with Gasteiger partial charge >= 0.3 is 0 Å². The third-order valence-corrected chi connectivity index (χ3v) is 4.80. The lowest BCUT2D eigenvalue weighted by Crippen LogP contribution is -2.28. The maximum atomic E-state index is 11.5. The van der Waals surface area contributed by atoms with Crippen LogP contribution in [0.4, 0.5) is 0 Å². The average Bonchev–Trinajstić information content (AvgIpc) is 2.89. The van der Waals surface area contributed by atoms with Crippen LogP contribution in [0.1, 0.15) is 36.1 Å². The van der Waals surface area contributed by atoms with Crippen molar-refractivity contribution < 1.29 is 8.42 Å². The van der Waals surface area contributed by atoms with Gasteiger partial charge in [0.2, 0.25) is 10.0 Å². The smallest absolute Gasteiger partial charge is 0.211 e. The second-order valence-corrected chi connectivity index (χ2v) is 7.25. The van der Waals surface area contributed by atoms with Crippen LogP contribution in [0.5, 0.6) is 0 Å². The van der Waals surface area contributed by atoms with Crippen LogP contribution < -0.4 is 4.72 Å². The number of hydrogen-bond donors (Lipinski definition) is 2. The highest BCUT2D eigenvalue weighted by molar-refractivity contribution is 7.89. The lowest BCUT2D eigenvalue weighted by Gasteiger charge is -2.03. The van der Waals surface area contributed by atoms with E-state index in [1.807, 2.05) is 6.92 Å². The Balaban J connectivity index is 1.85. The van der Waals surface area contributed by atoms with Gasteiger partial charge in [0.05, 0.1) is 5.75 Å². The summed E-state index contributed by atoms with van der Waals surface area (Å²) in [5, 5.41) is 7.03. The number of aryl methyl sites for hydroxylation is 1. The summed E-state index contributed by atoms with van der Waals surface area (Å²) in [5.41, 5.74) is 2.39. The fraction of sp³-hybridized carbons (Fsp3) is 0.467. The summed E-state index contributed by atoms with van der Waals surface area (Å²) in [4.78, 5) is 4.39. The first kappa shape index (κ1) is 16.6. The predicted octanol–water partition coefficient (Wildman–Crippen LogP) is 1.58. The standard InChI is InChI=1S/C15H22N4O2S/c1-3-10-22(20,21)16-9-8-14-17-15(19-18-14)11-13-6-4-12(2)5-7-13/h4-7,16H,3,8-11H2,1-2H3,(H,17,18,19). The summed E-state index contributed by atoms with van der Waals surface area (Å²) in [6.07, 6.45) is 1.78. The fourth-order valence-corrected chi connectivity index (χ4v) is 3.18. The third kappa shape index (κ3) is 5.23. The van der Waals surface area contributed by atoms with Gasteiger partial charge in [0.15, 0.2) is 5.82 Å². The summed E-state index contributed by atoms with van der Waals surface area (Å²) in [7, 11) is -3.16. The zero-order valence-electron chi connectivity index (χ0n) is 13.0. The molecule has 0 saturated heterocycles. The Morgan fingerprint density at radius 1 is 1.23 bits per heavy atom. The molecule has 0 spiro atoms. The number of aromatic nitrogens is 3. The van der Waals surface area contributed by atoms with Crippen molar-refractivity contribution in [1.82, 2.24) is 19.9 Å². The molecule has 7 heteroatoms. The molecular weight excluding hydrogens is 300 g/mol. The largest absolute Gasteiger partial charge is 0.263 e. The van der Waals surface area contributed by atoms with Crippen LogP contribution in [-0.2, 0) is 22.9 Å². The molecule has 0 aliphatic heterocycles. The minimum atomic E-state index is -3.16. The molecule has 2 rings (SSSR count). The molecule has 1 aromatic heterocycles. The third-order valence-electron chi connectivity index (χ3n) is 3.21. The van der Waals surface area contributed by atoms with E-state index in [-0.39, 0.29) is 5.75 Å². The van der Waals surface area contributed by atoms with Crippen molar-refractivity contribution in [2.24, 2.45) is 0 Å². The lowest BCUT2D eigenvalue weighted by atomic mass is 10.1. The molecule has 0 radical (unpaired) electrons. The second kappa shape index (κ2) is 7.51. The molecule has 1 aromatic carbocycles. The zero-order chi connectivity index (χ0) is 16.0. The molecule has 1 heterocycles. The number of nitrogens with one attached hydrogen (secondary N) is 2. The Morgan fingerprint density at radius 3 is 2.64 bits per heavy atom. The topological polar surface area (TPSA) is 87.7 Å². The maximum absolute atomic E-state index is 11.5. The molecule has 0 bridgehead atoms. The van der Waals surface area contributed by atoms with Crippen LogP contribution in [0.15, 0.2) is 24.3 Å². The maximum Gasteiger partial charge on any atom is 0.211 e.